The predicted molar refractivity (Wildman–Crippen MR) is 73.8 cm³/mol. The number of alkyl carbamates (subject to hydrolysis) is 1. The van der Waals surface area contributed by atoms with Crippen LogP contribution in [0.5, 0.6) is 0 Å². The largest absolute Gasteiger partial charge is 0.444 e. The van der Waals surface area contributed by atoms with E-state index in [1.807, 2.05) is 32.6 Å². The summed E-state index contributed by atoms with van der Waals surface area (Å²) in [5.74, 6) is 0.410. The second-order valence-electron chi connectivity index (χ2n) is 6.07. The van der Waals surface area contributed by atoms with E-state index in [4.69, 9.17) is 4.74 Å². The van der Waals surface area contributed by atoms with Crippen molar-refractivity contribution in [2.45, 2.75) is 52.6 Å². The lowest BCUT2D eigenvalue weighted by Gasteiger charge is -2.21. The standard InChI is InChI=1S/C14H26N2O3/c1-5-16-8-6-7-11(9-12(16)17)10-15-13(18)19-14(2,3)4/h11H,5-10H2,1-4H3,(H,15,18). The van der Waals surface area contributed by atoms with E-state index in [0.717, 1.165) is 25.9 Å². The summed E-state index contributed by atoms with van der Waals surface area (Å²) in [6.45, 7) is 9.61. The molecule has 0 aromatic rings. The van der Waals surface area contributed by atoms with Crippen LogP contribution in [0.1, 0.15) is 47.0 Å². The van der Waals surface area contributed by atoms with Gasteiger partial charge in [0.05, 0.1) is 0 Å². The Morgan fingerprint density at radius 1 is 1.47 bits per heavy atom. The molecule has 1 aliphatic heterocycles. The summed E-state index contributed by atoms with van der Waals surface area (Å²) in [6, 6.07) is 0. The molecule has 0 aliphatic carbocycles. The molecule has 1 fully saturated rings. The van der Waals surface area contributed by atoms with Crippen LogP contribution in [-0.2, 0) is 9.53 Å². The molecule has 19 heavy (non-hydrogen) atoms. The summed E-state index contributed by atoms with van der Waals surface area (Å²) in [5, 5.41) is 2.76. The van der Waals surface area contributed by atoms with E-state index in [2.05, 4.69) is 5.32 Å². The Labute approximate surface area is 115 Å². The van der Waals surface area contributed by atoms with Gasteiger partial charge >= 0.3 is 6.09 Å². The number of hydrogen-bond donors (Lipinski definition) is 1. The van der Waals surface area contributed by atoms with Gasteiger partial charge in [0, 0.05) is 26.1 Å². The Hall–Kier alpha value is -1.26. The highest BCUT2D eigenvalue weighted by Gasteiger charge is 2.23. The number of likely N-dealkylation sites (tertiary alicyclic amines) is 1. The summed E-state index contributed by atoms with van der Waals surface area (Å²) in [5.41, 5.74) is -0.484. The lowest BCUT2D eigenvalue weighted by Crippen LogP contribution is -2.36. The van der Waals surface area contributed by atoms with Crippen LogP contribution in [0.3, 0.4) is 0 Å². The van der Waals surface area contributed by atoms with E-state index >= 15 is 0 Å². The monoisotopic (exact) mass is 270 g/mol. The van der Waals surface area contributed by atoms with Crippen LogP contribution in [0.15, 0.2) is 0 Å². The number of hydrogen-bond acceptors (Lipinski definition) is 3. The Balaban J connectivity index is 2.37. The van der Waals surface area contributed by atoms with E-state index < -0.39 is 11.7 Å². The number of amides is 2. The zero-order valence-electron chi connectivity index (χ0n) is 12.5. The van der Waals surface area contributed by atoms with Crippen molar-refractivity contribution in [3.05, 3.63) is 0 Å². The van der Waals surface area contributed by atoms with Gasteiger partial charge in [-0.25, -0.2) is 4.79 Å². The minimum absolute atomic E-state index is 0.191. The highest BCUT2D eigenvalue weighted by molar-refractivity contribution is 5.76. The first kappa shape index (κ1) is 15.8. The maximum absolute atomic E-state index is 11.9. The highest BCUT2D eigenvalue weighted by atomic mass is 16.6. The molecule has 0 spiro atoms. The molecule has 0 radical (unpaired) electrons. The smallest absolute Gasteiger partial charge is 0.407 e. The summed E-state index contributed by atoms with van der Waals surface area (Å²) in [6.07, 6.45) is 2.08. The average Bonchev–Trinajstić information content (AvgIpc) is 2.45. The van der Waals surface area contributed by atoms with E-state index in [0.29, 0.717) is 13.0 Å². The maximum atomic E-state index is 11.9. The van der Waals surface area contributed by atoms with Crippen LogP contribution in [0, 0.1) is 5.92 Å². The molecule has 110 valence electrons. The molecule has 1 saturated heterocycles. The first-order valence-corrected chi connectivity index (χ1v) is 7.06. The molecule has 5 heteroatoms. The Morgan fingerprint density at radius 2 is 2.16 bits per heavy atom. The Morgan fingerprint density at radius 3 is 2.74 bits per heavy atom. The van der Waals surface area contributed by atoms with Gasteiger partial charge in [0.2, 0.25) is 5.91 Å². The van der Waals surface area contributed by atoms with Crippen molar-refractivity contribution in [2.24, 2.45) is 5.92 Å². The third-order valence-corrected chi connectivity index (χ3v) is 3.17. The van der Waals surface area contributed by atoms with E-state index in [9.17, 15) is 9.59 Å². The van der Waals surface area contributed by atoms with Gasteiger partial charge < -0.3 is 15.0 Å². The Kier molecular flexibility index (Phi) is 5.63. The zero-order chi connectivity index (χ0) is 14.5. The third-order valence-electron chi connectivity index (χ3n) is 3.17. The molecule has 1 aliphatic rings. The second-order valence-corrected chi connectivity index (χ2v) is 6.07. The van der Waals surface area contributed by atoms with Crippen molar-refractivity contribution in [2.75, 3.05) is 19.6 Å². The van der Waals surface area contributed by atoms with Crippen molar-refractivity contribution in [1.29, 1.82) is 0 Å². The van der Waals surface area contributed by atoms with Gasteiger partial charge in [0.25, 0.3) is 0 Å². The number of carbonyl (C=O) groups is 2. The highest BCUT2D eigenvalue weighted by Crippen LogP contribution is 2.18. The molecular weight excluding hydrogens is 244 g/mol. The van der Waals surface area contributed by atoms with E-state index in [1.54, 1.807) is 0 Å². The van der Waals surface area contributed by atoms with Crippen LogP contribution in [0.25, 0.3) is 0 Å². The van der Waals surface area contributed by atoms with Gasteiger partial charge in [0.1, 0.15) is 5.60 Å². The minimum Gasteiger partial charge on any atom is -0.444 e. The van der Waals surface area contributed by atoms with Crippen molar-refractivity contribution in [3.8, 4) is 0 Å². The number of nitrogens with one attached hydrogen (secondary N) is 1. The van der Waals surface area contributed by atoms with E-state index in [-0.39, 0.29) is 11.8 Å². The van der Waals surface area contributed by atoms with Crippen LogP contribution in [0.2, 0.25) is 0 Å². The quantitative estimate of drug-likeness (QED) is 0.855. The van der Waals surface area contributed by atoms with Crippen LogP contribution in [-0.4, -0.2) is 42.1 Å². The molecule has 1 atom stereocenters. The fourth-order valence-corrected chi connectivity index (χ4v) is 2.22. The normalized spacial score (nSPS) is 20.9. The summed E-state index contributed by atoms with van der Waals surface area (Å²) in [7, 11) is 0. The fourth-order valence-electron chi connectivity index (χ4n) is 2.22. The van der Waals surface area contributed by atoms with Gasteiger partial charge in [0.15, 0.2) is 0 Å². The van der Waals surface area contributed by atoms with Crippen LogP contribution < -0.4 is 5.32 Å². The van der Waals surface area contributed by atoms with E-state index in [1.165, 1.54) is 0 Å². The second kappa shape index (κ2) is 6.78. The molecule has 1 unspecified atom stereocenters. The molecule has 1 rings (SSSR count). The summed E-state index contributed by atoms with van der Waals surface area (Å²) >= 11 is 0. The molecular formula is C14H26N2O3. The summed E-state index contributed by atoms with van der Waals surface area (Å²) in [4.78, 5) is 25.4. The van der Waals surface area contributed by atoms with Gasteiger partial charge in [-0.2, -0.15) is 0 Å². The molecule has 5 nitrogen and oxygen atoms in total. The number of ether oxygens (including phenoxy) is 1. The fraction of sp³-hybridized carbons (Fsp3) is 0.857. The molecule has 2 amide bonds. The molecule has 1 N–H and O–H groups in total. The Bertz CT molecular complexity index is 323. The van der Waals surface area contributed by atoms with Gasteiger partial charge in [-0.1, -0.05) is 0 Å². The maximum Gasteiger partial charge on any atom is 0.407 e. The minimum atomic E-state index is -0.484. The summed E-state index contributed by atoms with van der Waals surface area (Å²) < 4.78 is 5.18. The van der Waals surface area contributed by atoms with Crippen LogP contribution >= 0.6 is 0 Å². The molecule has 0 saturated carbocycles. The lowest BCUT2D eigenvalue weighted by atomic mass is 10.0. The number of nitrogens with zero attached hydrogens (tertiary/aromatic N) is 1. The van der Waals surface area contributed by atoms with Crippen molar-refractivity contribution in [3.63, 3.8) is 0 Å². The van der Waals surface area contributed by atoms with Gasteiger partial charge in [-0.15, -0.1) is 0 Å². The predicted octanol–water partition coefficient (Wildman–Crippen LogP) is 2.16. The third kappa shape index (κ3) is 5.94. The molecule has 1 heterocycles. The SMILES string of the molecule is CCN1CCCC(CNC(=O)OC(C)(C)C)CC1=O. The van der Waals surface area contributed by atoms with Crippen molar-refractivity contribution < 1.29 is 14.3 Å². The molecule has 0 aromatic heterocycles. The number of rotatable bonds is 3. The first-order valence-electron chi connectivity index (χ1n) is 7.06. The topological polar surface area (TPSA) is 58.6 Å². The lowest BCUT2D eigenvalue weighted by molar-refractivity contribution is -0.131. The first-order chi connectivity index (χ1) is 8.81. The van der Waals surface area contributed by atoms with Crippen LogP contribution in [0.4, 0.5) is 4.79 Å². The van der Waals surface area contributed by atoms with Crippen molar-refractivity contribution in [1.82, 2.24) is 10.2 Å². The zero-order valence-corrected chi connectivity index (χ0v) is 12.5. The molecule has 0 aromatic carbocycles. The number of carbonyl (C=O) groups excluding carboxylic acids is 2. The van der Waals surface area contributed by atoms with Crippen molar-refractivity contribution >= 4 is 12.0 Å². The van der Waals surface area contributed by atoms with Gasteiger partial charge in [-0.05, 0) is 46.5 Å². The van der Waals surface area contributed by atoms with Gasteiger partial charge in [-0.3, -0.25) is 4.79 Å². The average molecular weight is 270 g/mol. The molecule has 0 bridgehead atoms.